The Morgan fingerprint density at radius 2 is 1.59 bits per heavy atom. The summed E-state index contributed by atoms with van der Waals surface area (Å²) >= 11 is 0. The first-order chi connectivity index (χ1) is 8.12. The van der Waals surface area contributed by atoms with Crippen molar-refractivity contribution in [2.45, 2.75) is 70.8 Å². The van der Waals surface area contributed by atoms with E-state index in [4.69, 9.17) is 10.5 Å². The summed E-state index contributed by atoms with van der Waals surface area (Å²) in [7, 11) is 0. The fourth-order valence-electron chi connectivity index (χ4n) is 1.72. The highest BCUT2D eigenvalue weighted by molar-refractivity contribution is 4.72. The zero-order valence-electron chi connectivity index (χ0n) is 11.7. The Labute approximate surface area is 107 Å². The molecule has 3 nitrogen and oxygen atoms in total. The largest absolute Gasteiger partial charge is 0.389 e. The lowest BCUT2D eigenvalue weighted by molar-refractivity contribution is 0.0527. The van der Waals surface area contributed by atoms with E-state index in [2.05, 4.69) is 6.92 Å². The summed E-state index contributed by atoms with van der Waals surface area (Å²) in [6.45, 7) is 6.06. The van der Waals surface area contributed by atoms with E-state index in [9.17, 15) is 5.11 Å². The Hall–Kier alpha value is -0.120. The molecule has 0 aliphatic carbocycles. The number of nitrogens with two attached hydrogens (primary N) is 1. The summed E-state index contributed by atoms with van der Waals surface area (Å²) in [6.07, 6.45) is 9.21. The van der Waals surface area contributed by atoms with Gasteiger partial charge >= 0.3 is 0 Å². The molecule has 0 rings (SSSR count). The van der Waals surface area contributed by atoms with Crippen LogP contribution < -0.4 is 5.73 Å². The molecule has 3 heteroatoms. The molecule has 3 N–H and O–H groups in total. The fourth-order valence-corrected chi connectivity index (χ4v) is 1.72. The van der Waals surface area contributed by atoms with Gasteiger partial charge in [0.1, 0.15) is 0 Å². The Morgan fingerprint density at radius 1 is 1.00 bits per heavy atom. The molecule has 1 unspecified atom stereocenters. The molecular weight excluding hydrogens is 214 g/mol. The van der Waals surface area contributed by atoms with Crippen LogP contribution in [0.3, 0.4) is 0 Å². The van der Waals surface area contributed by atoms with Gasteiger partial charge in [-0.25, -0.2) is 0 Å². The van der Waals surface area contributed by atoms with Crippen molar-refractivity contribution in [2.75, 3.05) is 19.8 Å². The highest BCUT2D eigenvalue weighted by atomic mass is 16.5. The van der Waals surface area contributed by atoms with Crippen LogP contribution in [0.5, 0.6) is 0 Å². The summed E-state index contributed by atoms with van der Waals surface area (Å²) in [6, 6.07) is 0. The first-order valence-corrected chi connectivity index (χ1v) is 7.12. The molecule has 0 aromatic heterocycles. The highest BCUT2D eigenvalue weighted by Crippen LogP contribution is 2.11. The van der Waals surface area contributed by atoms with Crippen LogP contribution >= 0.6 is 0 Å². The van der Waals surface area contributed by atoms with E-state index in [1.165, 1.54) is 32.1 Å². The molecule has 0 heterocycles. The minimum Gasteiger partial charge on any atom is -0.389 e. The SMILES string of the molecule is CCCCCCCOCCCCC(C)(O)CN. The minimum absolute atomic E-state index is 0.339. The summed E-state index contributed by atoms with van der Waals surface area (Å²) in [5, 5.41) is 9.68. The van der Waals surface area contributed by atoms with Gasteiger partial charge in [-0.1, -0.05) is 32.6 Å². The van der Waals surface area contributed by atoms with Crippen LogP contribution in [0, 0.1) is 0 Å². The van der Waals surface area contributed by atoms with Gasteiger partial charge in [0.15, 0.2) is 0 Å². The molecule has 0 aromatic carbocycles. The Morgan fingerprint density at radius 3 is 2.18 bits per heavy atom. The lowest BCUT2D eigenvalue weighted by Crippen LogP contribution is -2.33. The van der Waals surface area contributed by atoms with Gasteiger partial charge in [0, 0.05) is 19.8 Å². The maximum absolute atomic E-state index is 9.68. The molecule has 0 saturated carbocycles. The van der Waals surface area contributed by atoms with Crippen molar-refractivity contribution in [1.29, 1.82) is 0 Å². The molecule has 17 heavy (non-hydrogen) atoms. The second-order valence-corrected chi connectivity index (χ2v) is 5.18. The molecule has 0 saturated heterocycles. The maximum Gasteiger partial charge on any atom is 0.0741 e. The van der Waals surface area contributed by atoms with Gasteiger partial charge in [-0.05, 0) is 32.6 Å². The van der Waals surface area contributed by atoms with Crippen molar-refractivity contribution in [1.82, 2.24) is 0 Å². The first kappa shape index (κ1) is 16.9. The smallest absolute Gasteiger partial charge is 0.0741 e. The zero-order valence-corrected chi connectivity index (χ0v) is 11.7. The minimum atomic E-state index is -0.694. The fraction of sp³-hybridized carbons (Fsp3) is 1.00. The zero-order chi connectivity index (χ0) is 13.0. The van der Waals surface area contributed by atoms with Crippen LogP contribution in [0.25, 0.3) is 0 Å². The van der Waals surface area contributed by atoms with E-state index in [1.807, 2.05) is 0 Å². The lowest BCUT2D eigenvalue weighted by Gasteiger charge is -2.20. The van der Waals surface area contributed by atoms with Gasteiger partial charge in [-0.2, -0.15) is 0 Å². The van der Waals surface area contributed by atoms with Crippen LogP contribution in [0.15, 0.2) is 0 Å². The van der Waals surface area contributed by atoms with Gasteiger partial charge in [-0.3, -0.25) is 0 Å². The van der Waals surface area contributed by atoms with E-state index in [1.54, 1.807) is 6.92 Å². The standard InChI is InChI=1S/C14H31NO2/c1-3-4-5-6-8-11-17-12-9-7-10-14(2,16)13-15/h16H,3-13,15H2,1-2H3. The summed E-state index contributed by atoms with van der Waals surface area (Å²) in [5.41, 5.74) is 4.75. The second-order valence-electron chi connectivity index (χ2n) is 5.18. The quantitative estimate of drug-likeness (QED) is 0.520. The van der Waals surface area contributed by atoms with Crippen LogP contribution in [-0.2, 0) is 4.74 Å². The van der Waals surface area contributed by atoms with Crippen LogP contribution in [0.1, 0.15) is 65.2 Å². The highest BCUT2D eigenvalue weighted by Gasteiger charge is 2.16. The monoisotopic (exact) mass is 245 g/mol. The molecule has 0 bridgehead atoms. The van der Waals surface area contributed by atoms with Crippen molar-refractivity contribution in [3.05, 3.63) is 0 Å². The van der Waals surface area contributed by atoms with Crippen molar-refractivity contribution < 1.29 is 9.84 Å². The van der Waals surface area contributed by atoms with Gasteiger partial charge in [0.2, 0.25) is 0 Å². The molecule has 0 fully saturated rings. The molecule has 0 aromatic rings. The topological polar surface area (TPSA) is 55.5 Å². The first-order valence-electron chi connectivity index (χ1n) is 7.12. The van der Waals surface area contributed by atoms with E-state index in [0.717, 1.165) is 32.5 Å². The molecule has 0 aliphatic heterocycles. The summed E-state index contributed by atoms with van der Waals surface area (Å²) in [5.74, 6) is 0. The Kier molecular flexibility index (Phi) is 10.9. The molecule has 0 amide bonds. The third-order valence-corrected chi connectivity index (χ3v) is 3.09. The molecule has 0 spiro atoms. The number of ether oxygens (including phenoxy) is 1. The third kappa shape index (κ3) is 12.1. The molecule has 104 valence electrons. The number of aliphatic hydroxyl groups is 1. The lowest BCUT2D eigenvalue weighted by atomic mass is 10.00. The number of hydrogen-bond donors (Lipinski definition) is 2. The second kappa shape index (κ2) is 11.0. The van der Waals surface area contributed by atoms with E-state index in [-0.39, 0.29) is 0 Å². The number of rotatable bonds is 12. The summed E-state index contributed by atoms with van der Waals surface area (Å²) < 4.78 is 5.55. The Bertz CT molecular complexity index is 160. The maximum atomic E-state index is 9.68. The Balaban J connectivity index is 3.09. The number of hydrogen-bond acceptors (Lipinski definition) is 3. The van der Waals surface area contributed by atoms with E-state index in [0.29, 0.717) is 6.54 Å². The van der Waals surface area contributed by atoms with Crippen molar-refractivity contribution in [3.8, 4) is 0 Å². The van der Waals surface area contributed by atoms with Gasteiger partial charge in [0.05, 0.1) is 5.60 Å². The number of unbranched alkanes of at least 4 members (excludes halogenated alkanes) is 5. The normalized spacial score (nSPS) is 14.8. The van der Waals surface area contributed by atoms with E-state index < -0.39 is 5.60 Å². The molecule has 0 radical (unpaired) electrons. The average molecular weight is 245 g/mol. The molecular formula is C14H31NO2. The van der Waals surface area contributed by atoms with Crippen molar-refractivity contribution >= 4 is 0 Å². The van der Waals surface area contributed by atoms with E-state index >= 15 is 0 Å². The van der Waals surface area contributed by atoms with Gasteiger partial charge in [-0.15, -0.1) is 0 Å². The van der Waals surface area contributed by atoms with Crippen LogP contribution in [0.4, 0.5) is 0 Å². The summed E-state index contributed by atoms with van der Waals surface area (Å²) in [4.78, 5) is 0. The van der Waals surface area contributed by atoms with Gasteiger partial charge < -0.3 is 15.6 Å². The van der Waals surface area contributed by atoms with Crippen molar-refractivity contribution in [3.63, 3.8) is 0 Å². The predicted octanol–water partition coefficient (Wildman–Crippen LogP) is 2.85. The van der Waals surface area contributed by atoms with Crippen LogP contribution in [-0.4, -0.2) is 30.5 Å². The third-order valence-electron chi connectivity index (χ3n) is 3.09. The van der Waals surface area contributed by atoms with Crippen LogP contribution in [0.2, 0.25) is 0 Å². The molecule has 1 atom stereocenters. The van der Waals surface area contributed by atoms with Crippen molar-refractivity contribution in [2.24, 2.45) is 5.73 Å². The molecule has 0 aliphatic rings. The predicted molar refractivity (Wildman–Crippen MR) is 73.1 cm³/mol. The average Bonchev–Trinajstić information content (AvgIpc) is 2.31. The van der Waals surface area contributed by atoms with Gasteiger partial charge in [0.25, 0.3) is 0 Å².